The minimum atomic E-state index is -1.34. The minimum Gasteiger partial charge on any atom is -0.503 e. The molecular formula is C9H13N3O6S. The van der Waals surface area contributed by atoms with Crippen LogP contribution in [0.5, 0.6) is 5.75 Å². The fourth-order valence-corrected chi connectivity index (χ4v) is 2.08. The first-order chi connectivity index (χ1) is 8.99. The summed E-state index contributed by atoms with van der Waals surface area (Å²) in [5, 5.41) is 46.7. The van der Waals surface area contributed by atoms with E-state index in [4.69, 9.17) is 27.3 Å². The maximum Gasteiger partial charge on any atom is 0.203 e. The number of anilines is 1. The van der Waals surface area contributed by atoms with E-state index >= 15 is 0 Å². The maximum atomic E-state index is 9.83. The Labute approximate surface area is 112 Å². The number of hydrogen-bond acceptors (Lipinski definition) is 9. The molecule has 0 spiro atoms. The average molecular weight is 291 g/mol. The van der Waals surface area contributed by atoms with Crippen LogP contribution in [0.2, 0.25) is 0 Å². The topological polar surface area (TPSA) is 140 Å². The molecule has 0 aliphatic carbocycles. The first kappa shape index (κ1) is 14.1. The Balaban J connectivity index is 2.38. The molecule has 2 rings (SSSR count). The lowest BCUT2D eigenvalue weighted by Crippen LogP contribution is -2.33. The fraction of sp³-hybridized carbons (Fsp3) is 0.556. The Morgan fingerprint density at radius 1 is 1.42 bits per heavy atom. The van der Waals surface area contributed by atoms with Gasteiger partial charge in [-0.3, -0.25) is 9.77 Å². The Morgan fingerprint density at radius 2 is 2.11 bits per heavy atom. The molecule has 1 aliphatic heterocycles. The van der Waals surface area contributed by atoms with Crippen molar-refractivity contribution in [2.24, 2.45) is 0 Å². The Bertz CT molecular complexity index is 523. The molecule has 10 heteroatoms. The van der Waals surface area contributed by atoms with Gasteiger partial charge < -0.3 is 25.2 Å². The molecule has 6 N–H and O–H groups in total. The van der Waals surface area contributed by atoms with Gasteiger partial charge in [-0.15, -0.1) is 0 Å². The Hall–Kier alpha value is -1.30. The number of aromatic hydroxyl groups is 1. The third-order valence-corrected chi connectivity index (χ3v) is 3.13. The van der Waals surface area contributed by atoms with Crippen LogP contribution in [0.3, 0.4) is 0 Å². The standard InChI is InChI=1S/C9H13N3O6S/c13-2-4-5(15)6(16)8(18-4)12-1-3(14)7(11-17)10-9(12)19/h1,4-6,8,13-17H,2H2,(H,10,11,19)/t4-,5-,6-,8-/m1/s1. The number of ether oxygens (including phenoxy) is 1. The van der Waals surface area contributed by atoms with Gasteiger partial charge in [-0.2, -0.15) is 4.98 Å². The van der Waals surface area contributed by atoms with E-state index in [0.717, 1.165) is 10.8 Å². The highest BCUT2D eigenvalue weighted by Gasteiger charge is 2.43. The number of nitrogens with one attached hydrogen (secondary N) is 1. The van der Waals surface area contributed by atoms with Crippen LogP contribution in [-0.2, 0) is 4.74 Å². The molecular weight excluding hydrogens is 278 g/mol. The van der Waals surface area contributed by atoms with E-state index in [1.54, 1.807) is 5.48 Å². The normalized spacial score (nSPS) is 30.5. The zero-order valence-electron chi connectivity index (χ0n) is 9.54. The first-order valence-electron chi connectivity index (χ1n) is 5.34. The lowest BCUT2D eigenvalue weighted by Gasteiger charge is -2.18. The predicted molar refractivity (Wildman–Crippen MR) is 63.1 cm³/mol. The van der Waals surface area contributed by atoms with Gasteiger partial charge in [-0.05, 0) is 12.2 Å². The Kier molecular flexibility index (Phi) is 3.99. The summed E-state index contributed by atoms with van der Waals surface area (Å²) in [5.41, 5.74) is 1.66. The van der Waals surface area contributed by atoms with E-state index < -0.39 is 36.9 Å². The quantitative estimate of drug-likeness (QED) is 0.297. The van der Waals surface area contributed by atoms with Gasteiger partial charge in [0.05, 0.1) is 12.8 Å². The van der Waals surface area contributed by atoms with Crippen molar-refractivity contribution in [2.45, 2.75) is 24.5 Å². The molecule has 1 fully saturated rings. The van der Waals surface area contributed by atoms with Crippen molar-refractivity contribution < 1.29 is 30.4 Å². The highest BCUT2D eigenvalue weighted by Crippen LogP contribution is 2.31. The zero-order chi connectivity index (χ0) is 14.2. The van der Waals surface area contributed by atoms with Crippen LogP contribution in [0.1, 0.15) is 6.23 Å². The van der Waals surface area contributed by atoms with Gasteiger partial charge in [-0.25, -0.2) is 5.48 Å². The second-order valence-electron chi connectivity index (χ2n) is 4.01. The van der Waals surface area contributed by atoms with Gasteiger partial charge in [0.1, 0.15) is 18.3 Å². The van der Waals surface area contributed by atoms with E-state index in [-0.39, 0.29) is 10.6 Å². The lowest BCUT2D eigenvalue weighted by molar-refractivity contribution is -0.0542. The van der Waals surface area contributed by atoms with Crippen LogP contribution in [0.25, 0.3) is 0 Å². The van der Waals surface area contributed by atoms with Crippen molar-refractivity contribution >= 4 is 18.0 Å². The van der Waals surface area contributed by atoms with Gasteiger partial charge in [0.15, 0.2) is 17.8 Å². The monoisotopic (exact) mass is 291 g/mol. The van der Waals surface area contributed by atoms with E-state index in [9.17, 15) is 15.3 Å². The lowest BCUT2D eigenvalue weighted by atomic mass is 10.1. The molecule has 1 aliphatic rings. The molecule has 0 radical (unpaired) electrons. The van der Waals surface area contributed by atoms with Crippen LogP contribution in [0.4, 0.5) is 5.82 Å². The summed E-state index contributed by atoms with van der Waals surface area (Å²) in [7, 11) is 0. The molecule has 1 aromatic heterocycles. The second kappa shape index (κ2) is 5.36. The van der Waals surface area contributed by atoms with Gasteiger partial charge in [0, 0.05) is 0 Å². The molecule has 1 aromatic rings. The van der Waals surface area contributed by atoms with Gasteiger partial charge in [-0.1, -0.05) is 0 Å². The first-order valence-corrected chi connectivity index (χ1v) is 5.75. The summed E-state index contributed by atoms with van der Waals surface area (Å²) in [4.78, 5) is 3.68. The number of aliphatic hydroxyl groups is 3. The number of aromatic nitrogens is 2. The van der Waals surface area contributed by atoms with E-state index in [2.05, 4.69) is 4.98 Å². The molecule has 2 heterocycles. The van der Waals surface area contributed by atoms with E-state index in [1.807, 2.05) is 0 Å². The van der Waals surface area contributed by atoms with E-state index in [0.29, 0.717) is 0 Å². The van der Waals surface area contributed by atoms with Crippen LogP contribution < -0.4 is 5.48 Å². The van der Waals surface area contributed by atoms with Gasteiger partial charge >= 0.3 is 0 Å². The zero-order valence-corrected chi connectivity index (χ0v) is 10.4. The highest BCUT2D eigenvalue weighted by molar-refractivity contribution is 7.71. The summed E-state index contributed by atoms with van der Waals surface area (Å²) < 4.78 is 6.27. The third-order valence-electron chi connectivity index (χ3n) is 2.83. The molecule has 1 saturated heterocycles. The number of rotatable bonds is 3. The van der Waals surface area contributed by atoms with Crippen LogP contribution in [0, 0.1) is 4.77 Å². The molecule has 9 nitrogen and oxygen atoms in total. The van der Waals surface area contributed by atoms with Crippen molar-refractivity contribution in [1.29, 1.82) is 0 Å². The summed E-state index contributed by atoms with van der Waals surface area (Å²) >= 11 is 4.92. The van der Waals surface area contributed by atoms with Crippen molar-refractivity contribution in [3.63, 3.8) is 0 Å². The van der Waals surface area contributed by atoms with Crippen LogP contribution in [-0.4, -0.2) is 60.1 Å². The highest BCUT2D eigenvalue weighted by atomic mass is 32.1. The largest absolute Gasteiger partial charge is 0.503 e. The molecule has 19 heavy (non-hydrogen) atoms. The second-order valence-corrected chi connectivity index (χ2v) is 4.37. The molecule has 0 unspecified atom stereocenters. The summed E-state index contributed by atoms with van der Waals surface area (Å²) in [5.74, 6) is -0.665. The predicted octanol–water partition coefficient (Wildman–Crippen LogP) is -1.27. The number of hydrogen-bond donors (Lipinski definition) is 6. The molecule has 4 atom stereocenters. The molecule has 0 amide bonds. The smallest absolute Gasteiger partial charge is 0.203 e. The maximum absolute atomic E-state index is 9.83. The molecule has 106 valence electrons. The van der Waals surface area contributed by atoms with Crippen LogP contribution >= 0.6 is 12.2 Å². The van der Waals surface area contributed by atoms with Crippen molar-refractivity contribution in [1.82, 2.24) is 9.55 Å². The molecule has 0 saturated carbocycles. The third kappa shape index (κ3) is 2.41. The summed E-state index contributed by atoms with van der Waals surface area (Å²) in [6.07, 6.45) is -3.58. The summed E-state index contributed by atoms with van der Waals surface area (Å²) in [6.45, 7) is -0.474. The SMILES string of the molecule is OC[C@H]1O[C@@H](n2cc(O)c(NO)nc2=S)[C@H](O)[C@@H]1O. The fourth-order valence-electron chi connectivity index (χ4n) is 1.83. The van der Waals surface area contributed by atoms with Crippen molar-refractivity contribution in [3.8, 4) is 5.75 Å². The number of aliphatic hydroxyl groups excluding tert-OH is 3. The van der Waals surface area contributed by atoms with Gasteiger partial charge in [0.25, 0.3) is 0 Å². The average Bonchev–Trinajstić information content (AvgIpc) is 2.68. The van der Waals surface area contributed by atoms with E-state index in [1.165, 1.54) is 0 Å². The molecule has 0 aromatic carbocycles. The van der Waals surface area contributed by atoms with Crippen molar-refractivity contribution in [2.75, 3.05) is 12.1 Å². The summed E-state index contributed by atoms with van der Waals surface area (Å²) in [6, 6.07) is 0. The van der Waals surface area contributed by atoms with Crippen molar-refractivity contribution in [3.05, 3.63) is 11.0 Å². The molecule has 0 bridgehead atoms. The minimum absolute atomic E-state index is 0.0933. The number of nitrogens with zero attached hydrogens (tertiary/aromatic N) is 2. The van der Waals surface area contributed by atoms with Gasteiger partial charge in [0.2, 0.25) is 4.77 Å². The Morgan fingerprint density at radius 3 is 2.63 bits per heavy atom. The van der Waals surface area contributed by atoms with Crippen LogP contribution in [0.15, 0.2) is 6.20 Å².